The van der Waals surface area contributed by atoms with E-state index in [-0.39, 0.29) is 12.4 Å². The number of furan rings is 1. The van der Waals surface area contributed by atoms with Crippen LogP contribution in [0, 0.1) is 0 Å². The molecule has 1 aliphatic rings. The van der Waals surface area contributed by atoms with Crippen molar-refractivity contribution in [3.05, 3.63) is 24.2 Å². The fourth-order valence-corrected chi connectivity index (χ4v) is 2.70. The fraction of sp³-hybridized carbons (Fsp3) is 0.529. The second kappa shape index (κ2) is 9.33. The normalized spacial score (nSPS) is 26.8. The van der Waals surface area contributed by atoms with Gasteiger partial charge in [-0.05, 0) is 12.1 Å². The first kappa shape index (κ1) is 21.4. The van der Waals surface area contributed by atoms with Gasteiger partial charge >= 0.3 is 17.9 Å². The largest absolute Gasteiger partial charge is 0.463 e. The van der Waals surface area contributed by atoms with Gasteiger partial charge in [-0.1, -0.05) is 0 Å². The van der Waals surface area contributed by atoms with E-state index in [2.05, 4.69) is 5.32 Å². The van der Waals surface area contributed by atoms with Crippen molar-refractivity contribution < 1.29 is 47.6 Å². The monoisotopic (exact) mass is 399 g/mol. The van der Waals surface area contributed by atoms with Gasteiger partial charge < -0.3 is 33.8 Å². The zero-order valence-electron chi connectivity index (χ0n) is 15.4. The van der Waals surface area contributed by atoms with E-state index in [1.54, 1.807) is 0 Å². The highest BCUT2D eigenvalue weighted by atomic mass is 16.7. The fourth-order valence-electron chi connectivity index (χ4n) is 2.70. The summed E-state index contributed by atoms with van der Waals surface area (Å²) in [5.41, 5.74) is 0. The van der Waals surface area contributed by atoms with Crippen LogP contribution in [-0.4, -0.2) is 66.2 Å². The van der Waals surface area contributed by atoms with Gasteiger partial charge in [-0.3, -0.25) is 19.2 Å². The van der Waals surface area contributed by atoms with Crippen LogP contribution in [0.1, 0.15) is 31.3 Å². The number of rotatable bonds is 6. The second-order valence-corrected chi connectivity index (χ2v) is 5.99. The van der Waals surface area contributed by atoms with Crippen molar-refractivity contribution in [3.8, 4) is 0 Å². The molecule has 1 saturated heterocycles. The van der Waals surface area contributed by atoms with Crippen molar-refractivity contribution in [2.24, 2.45) is 0 Å². The van der Waals surface area contributed by atoms with Crippen LogP contribution in [0.3, 0.4) is 0 Å². The first-order valence-electron chi connectivity index (χ1n) is 8.34. The molecule has 0 aliphatic carbocycles. The Morgan fingerprint density at radius 1 is 1.07 bits per heavy atom. The minimum absolute atomic E-state index is 0.0557. The van der Waals surface area contributed by atoms with Gasteiger partial charge in [-0.15, -0.1) is 0 Å². The van der Waals surface area contributed by atoms with E-state index in [4.69, 9.17) is 23.4 Å². The van der Waals surface area contributed by atoms with E-state index >= 15 is 0 Å². The molecule has 0 unspecified atom stereocenters. The lowest BCUT2D eigenvalue weighted by Gasteiger charge is -2.43. The van der Waals surface area contributed by atoms with Crippen LogP contribution < -0.4 is 5.32 Å². The minimum atomic E-state index is -1.66. The first-order chi connectivity index (χ1) is 13.2. The molecular formula is C17H21NO10. The van der Waals surface area contributed by atoms with E-state index in [9.17, 15) is 24.3 Å². The second-order valence-electron chi connectivity index (χ2n) is 5.99. The number of nitrogens with one attached hydrogen (secondary N) is 1. The van der Waals surface area contributed by atoms with Gasteiger partial charge in [0.15, 0.2) is 24.3 Å². The Morgan fingerprint density at radius 3 is 2.25 bits per heavy atom. The van der Waals surface area contributed by atoms with Crippen LogP contribution in [-0.2, 0) is 33.3 Å². The van der Waals surface area contributed by atoms with Crippen LogP contribution >= 0.6 is 0 Å². The molecule has 2 rings (SSSR count). The Balaban J connectivity index is 2.29. The maximum absolute atomic E-state index is 12.3. The summed E-state index contributed by atoms with van der Waals surface area (Å²) < 4.78 is 25.6. The van der Waals surface area contributed by atoms with Gasteiger partial charge in [0.25, 0.3) is 5.91 Å². The maximum atomic E-state index is 12.3. The quantitative estimate of drug-likeness (QED) is 0.474. The molecule has 1 aromatic rings. The van der Waals surface area contributed by atoms with Crippen molar-refractivity contribution >= 4 is 23.8 Å². The van der Waals surface area contributed by atoms with Gasteiger partial charge in [0, 0.05) is 20.8 Å². The van der Waals surface area contributed by atoms with E-state index in [1.807, 2.05) is 0 Å². The summed E-state index contributed by atoms with van der Waals surface area (Å²) >= 11 is 0. The van der Waals surface area contributed by atoms with Crippen LogP contribution in [0.5, 0.6) is 0 Å². The highest BCUT2D eigenvalue weighted by molar-refractivity contribution is 5.91. The maximum Gasteiger partial charge on any atom is 0.303 e. The molecular weight excluding hydrogens is 378 g/mol. The zero-order valence-corrected chi connectivity index (χ0v) is 15.4. The molecule has 0 aromatic carbocycles. The van der Waals surface area contributed by atoms with E-state index in [1.165, 1.54) is 18.4 Å². The molecule has 0 saturated carbocycles. The number of amides is 1. The summed E-state index contributed by atoms with van der Waals surface area (Å²) in [7, 11) is 0. The lowest BCUT2D eigenvalue weighted by Crippen LogP contribution is -2.66. The molecule has 11 heteroatoms. The first-order valence-corrected chi connectivity index (χ1v) is 8.34. The number of carbonyl (C=O) groups excluding carboxylic acids is 4. The van der Waals surface area contributed by atoms with Gasteiger partial charge in [0.1, 0.15) is 18.8 Å². The third-order valence-electron chi connectivity index (χ3n) is 3.76. The standard InChI is InChI=1S/C17H21NO10/c1-8(19)25-7-12-14(26-9(2)20)15(27-10(3)21)13(17(23)28-12)18-16(22)11-5-4-6-24-11/h4-6,12-15,17,23H,7H2,1-3H3,(H,18,22)/t12-,13+,14-,15+,17-/m0/s1. The topological polar surface area (TPSA) is 151 Å². The predicted molar refractivity (Wildman–Crippen MR) is 88.6 cm³/mol. The van der Waals surface area contributed by atoms with Crippen LogP contribution in [0.25, 0.3) is 0 Å². The SMILES string of the molecule is CC(=O)OC[C@@H]1O[C@H](O)[C@H](NC(=O)c2ccco2)[C@@H](OC(C)=O)[C@H]1OC(C)=O. The molecule has 11 nitrogen and oxygen atoms in total. The summed E-state index contributed by atoms with van der Waals surface area (Å²) in [6, 6.07) is 1.59. The summed E-state index contributed by atoms with van der Waals surface area (Å²) in [5.74, 6) is -2.88. The van der Waals surface area contributed by atoms with E-state index in [0.717, 1.165) is 20.8 Å². The molecule has 0 radical (unpaired) electrons. The average Bonchev–Trinajstić information content (AvgIpc) is 3.12. The summed E-state index contributed by atoms with van der Waals surface area (Å²) in [6.07, 6.45) is -4.08. The van der Waals surface area contributed by atoms with Crippen molar-refractivity contribution in [3.63, 3.8) is 0 Å². The van der Waals surface area contributed by atoms with Crippen molar-refractivity contribution in [1.29, 1.82) is 0 Å². The molecule has 2 N–H and O–H groups in total. The molecule has 1 aliphatic heterocycles. The lowest BCUT2D eigenvalue weighted by atomic mass is 9.96. The van der Waals surface area contributed by atoms with Crippen molar-refractivity contribution in [1.82, 2.24) is 5.32 Å². The molecule has 5 atom stereocenters. The van der Waals surface area contributed by atoms with Crippen LogP contribution in [0.2, 0.25) is 0 Å². The number of aliphatic hydroxyl groups excluding tert-OH is 1. The highest BCUT2D eigenvalue weighted by Gasteiger charge is 2.50. The minimum Gasteiger partial charge on any atom is -0.463 e. The third kappa shape index (κ3) is 5.54. The van der Waals surface area contributed by atoms with Gasteiger partial charge in [0.2, 0.25) is 0 Å². The Morgan fingerprint density at radius 2 is 1.71 bits per heavy atom. The Bertz CT molecular complexity index is 716. The van der Waals surface area contributed by atoms with E-state index < -0.39 is 54.5 Å². The van der Waals surface area contributed by atoms with E-state index in [0.29, 0.717) is 0 Å². The molecule has 0 bridgehead atoms. The number of aliphatic hydroxyl groups is 1. The summed E-state index contributed by atoms with van der Waals surface area (Å²) in [4.78, 5) is 46.5. The number of ether oxygens (including phenoxy) is 4. The Kier molecular flexibility index (Phi) is 7.12. The molecule has 0 spiro atoms. The smallest absolute Gasteiger partial charge is 0.303 e. The van der Waals surface area contributed by atoms with Gasteiger partial charge in [0.05, 0.1) is 6.26 Å². The molecule has 2 heterocycles. The molecule has 154 valence electrons. The van der Waals surface area contributed by atoms with Crippen molar-refractivity contribution in [2.45, 2.75) is 51.4 Å². The molecule has 1 fully saturated rings. The Labute approximate surface area is 159 Å². The number of carbonyl (C=O) groups is 4. The summed E-state index contributed by atoms with van der Waals surface area (Å²) in [5, 5.41) is 12.8. The molecule has 1 amide bonds. The number of esters is 3. The molecule has 1 aromatic heterocycles. The van der Waals surface area contributed by atoms with Gasteiger partial charge in [-0.25, -0.2) is 0 Å². The number of hydrogen-bond donors (Lipinski definition) is 2. The highest BCUT2D eigenvalue weighted by Crippen LogP contribution is 2.26. The lowest BCUT2D eigenvalue weighted by molar-refractivity contribution is -0.263. The average molecular weight is 399 g/mol. The number of hydrogen-bond acceptors (Lipinski definition) is 10. The van der Waals surface area contributed by atoms with Crippen LogP contribution in [0.4, 0.5) is 0 Å². The predicted octanol–water partition coefficient (Wildman–Crippen LogP) is -0.478. The van der Waals surface area contributed by atoms with Crippen molar-refractivity contribution in [2.75, 3.05) is 6.61 Å². The zero-order chi connectivity index (χ0) is 20.8. The third-order valence-corrected chi connectivity index (χ3v) is 3.76. The summed E-state index contributed by atoms with van der Waals surface area (Å²) in [6.45, 7) is 3.02. The van der Waals surface area contributed by atoms with Crippen LogP contribution in [0.15, 0.2) is 22.8 Å². The molecule has 28 heavy (non-hydrogen) atoms. The van der Waals surface area contributed by atoms with Gasteiger partial charge in [-0.2, -0.15) is 0 Å². The Hall–Kier alpha value is -2.92.